The van der Waals surface area contributed by atoms with E-state index < -0.39 is 9.60 Å². The summed E-state index contributed by atoms with van der Waals surface area (Å²) in [6, 6.07) is 5.86. The smallest absolute Gasteiger partial charge is 0.221 e. The van der Waals surface area contributed by atoms with Crippen LogP contribution in [0.2, 0.25) is 5.15 Å². The van der Waals surface area contributed by atoms with Crippen molar-refractivity contribution in [3.05, 3.63) is 45.7 Å². The van der Waals surface area contributed by atoms with E-state index in [0.29, 0.717) is 17.5 Å². The molecule has 0 amide bonds. The number of methoxy groups -OCH3 is 1. The zero-order valence-corrected chi connectivity index (χ0v) is 16.7. The van der Waals surface area contributed by atoms with Gasteiger partial charge in [0.1, 0.15) is 10.9 Å². The maximum absolute atomic E-state index is 9.09. The lowest BCUT2D eigenvalue weighted by atomic mass is 10.0. The van der Waals surface area contributed by atoms with E-state index >= 15 is 0 Å². The molecule has 0 aliphatic carbocycles. The predicted octanol–water partition coefficient (Wildman–Crippen LogP) is 4.40. The fourth-order valence-electron chi connectivity index (χ4n) is 1.99. The van der Waals surface area contributed by atoms with Crippen LogP contribution < -0.4 is 10.5 Å². The summed E-state index contributed by atoms with van der Waals surface area (Å²) in [7, 11) is 8.99. The lowest BCUT2D eigenvalue weighted by Gasteiger charge is -2.12. The number of hydrogen-bond acceptors (Lipinski definition) is 5. The van der Waals surface area contributed by atoms with E-state index in [-0.39, 0.29) is 5.95 Å². The lowest BCUT2D eigenvalue weighted by molar-refractivity contribution is 0.410. The van der Waals surface area contributed by atoms with Crippen molar-refractivity contribution in [2.24, 2.45) is 0 Å². The van der Waals surface area contributed by atoms with Gasteiger partial charge in [-0.25, -0.2) is 9.97 Å². The van der Waals surface area contributed by atoms with Crippen molar-refractivity contribution >= 4 is 60.1 Å². The summed E-state index contributed by atoms with van der Waals surface area (Å²) in [5.74, 6) is 1.40. The number of hydrogen-bond donors (Lipinski definition) is 1. The molecule has 0 saturated heterocycles. The molecule has 0 atom stereocenters. The summed E-state index contributed by atoms with van der Waals surface area (Å²) >= 11 is 12.0. The highest BCUT2D eigenvalue weighted by Gasteiger charge is 2.12. The van der Waals surface area contributed by atoms with Crippen LogP contribution in [0.25, 0.3) is 0 Å². The summed E-state index contributed by atoms with van der Waals surface area (Å²) in [6.45, 7) is 1.86. The van der Waals surface area contributed by atoms with Crippen LogP contribution in [-0.2, 0) is 21.9 Å². The molecule has 0 aliphatic rings. The number of anilines is 1. The zero-order valence-electron chi connectivity index (χ0n) is 12.9. The number of rotatable bonds is 4. The Morgan fingerprint density at radius 3 is 2.42 bits per heavy atom. The average Bonchev–Trinajstić information content (AvgIpc) is 2.50. The van der Waals surface area contributed by atoms with E-state index in [1.54, 1.807) is 7.11 Å². The molecule has 0 spiro atoms. The van der Waals surface area contributed by atoms with E-state index in [9.17, 15) is 0 Å². The second-order valence-electron chi connectivity index (χ2n) is 4.58. The first-order chi connectivity index (χ1) is 11.3. The molecule has 0 saturated carbocycles. The molecule has 0 unspecified atom stereocenters. The van der Waals surface area contributed by atoms with E-state index in [0.717, 1.165) is 28.1 Å². The zero-order chi connectivity index (χ0) is 18.3. The van der Waals surface area contributed by atoms with Gasteiger partial charge in [0.05, 0.1) is 7.11 Å². The second-order valence-corrected chi connectivity index (χ2v) is 7.73. The van der Waals surface area contributed by atoms with Crippen molar-refractivity contribution in [2.45, 2.75) is 19.2 Å². The minimum Gasteiger partial charge on any atom is -0.582 e. The van der Waals surface area contributed by atoms with E-state index in [2.05, 4.69) is 31.3 Å². The third-order valence-electron chi connectivity index (χ3n) is 3.05. The number of nitrogens with zero attached hydrogens (tertiary/aromatic N) is 2. The molecule has 0 radical (unpaired) electrons. The topological polar surface area (TPSA) is 84.1 Å². The van der Waals surface area contributed by atoms with Crippen LogP contribution in [0.3, 0.4) is 0 Å². The summed E-state index contributed by atoms with van der Waals surface area (Å²) in [4.78, 5) is 8.13. The Labute approximate surface area is 162 Å². The highest BCUT2D eigenvalue weighted by molar-refractivity contribution is 8.31. The van der Waals surface area contributed by atoms with Crippen LogP contribution in [-0.4, -0.2) is 21.6 Å². The highest BCUT2D eigenvalue weighted by atomic mass is 36.0. The van der Waals surface area contributed by atoms with Gasteiger partial charge in [0.15, 0.2) is 31.0 Å². The highest BCUT2D eigenvalue weighted by Crippen LogP contribution is 2.27. The Hall–Kier alpha value is -0.630. The number of nitrogen functional groups attached to an aromatic ring is 1. The Morgan fingerprint density at radius 1 is 1.29 bits per heavy atom. The largest absolute Gasteiger partial charge is 0.582 e. The molecule has 0 aliphatic heterocycles. The molecule has 2 N–H and O–H groups in total. The molecular formula is C14H15Cl4N3O2S. The Morgan fingerprint density at radius 2 is 1.92 bits per heavy atom. The van der Waals surface area contributed by atoms with E-state index in [1.165, 1.54) is 0 Å². The van der Waals surface area contributed by atoms with Crippen molar-refractivity contribution in [3.8, 4) is 5.75 Å². The molecule has 5 nitrogen and oxygen atoms in total. The molecular weight excluding hydrogens is 416 g/mol. The van der Waals surface area contributed by atoms with Gasteiger partial charge in [-0.2, -0.15) is 0 Å². The number of benzene rings is 1. The molecule has 2 aromatic rings. The van der Waals surface area contributed by atoms with Crippen molar-refractivity contribution in [3.63, 3.8) is 0 Å². The van der Waals surface area contributed by atoms with Gasteiger partial charge in [-0.05, 0) is 24.1 Å². The molecule has 2 rings (SSSR count). The molecule has 0 bridgehead atoms. The van der Waals surface area contributed by atoms with Crippen LogP contribution in [0.5, 0.6) is 5.75 Å². The van der Waals surface area contributed by atoms with Gasteiger partial charge in [-0.15, -0.1) is 11.6 Å². The molecule has 132 valence electrons. The fourth-order valence-corrected chi connectivity index (χ4v) is 2.45. The third-order valence-corrected chi connectivity index (χ3v) is 3.67. The molecule has 1 aromatic carbocycles. The normalized spacial score (nSPS) is 10.3. The average molecular weight is 431 g/mol. The Balaban J connectivity index is 0.000000648. The first kappa shape index (κ1) is 21.4. The van der Waals surface area contributed by atoms with Crippen LogP contribution in [0.1, 0.15) is 22.4 Å². The summed E-state index contributed by atoms with van der Waals surface area (Å²) < 4.78 is 14.5. The lowest BCUT2D eigenvalue weighted by Crippen LogP contribution is -2.04. The van der Waals surface area contributed by atoms with E-state index in [4.69, 9.17) is 38.2 Å². The van der Waals surface area contributed by atoms with Crippen molar-refractivity contribution in [2.75, 3.05) is 12.8 Å². The van der Waals surface area contributed by atoms with Gasteiger partial charge in [0.25, 0.3) is 0 Å². The monoisotopic (exact) mass is 429 g/mol. The molecule has 1 aromatic heterocycles. The van der Waals surface area contributed by atoms with Gasteiger partial charge < -0.3 is 15.0 Å². The number of aromatic nitrogens is 2. The van der Waals surface area contributed by atoms with Crippen LogP contribution >= 0.6 is 44.6 Å². The summed E-state index contributed by atoms with van der Waals surface area (Å²) in [6.07, 6.45) is 0.580. The minimum atomic E-state index is -1.67. The van der Waals surface area contributed by atoms with Crippen molar-refractivity contribution in [1.82, 2.24) is 9.97 Å². The first-order valence-corrected chi connectivity index (χ1v) is 10.2. The SMILES string of the molecule is COc1cc(CCl)ccc1Cc1c(C)nc(N)nc1Cl.[O-][S+](Cl)Cl. The van der Waals surface area contributed by atoms with Gasteiger partial charge >= 0.3 is 0 Å². The maximum atomic E-state index is 9.09. The van der Waals surface area contributed by atoms with Gasteiger partial charge in [0.2, 0.25) is 5.95 Å². The number of nitrogens with two attached hydrogens (primary N) is 1. The molecule has 0 fully saturated rings. The number of ether oxygens (including phenoxy) is 1. The van der Waals surface area contributed by atoms with Gasteiger partial charge in [-0.1, -0.05) is 23.7 Å². The summed E-state index contributed by atoms with van der Waals surface area (Å²) in [5.41, 5.74) is 9.19. The van der Waals surface area contributed by atoms with Crippen LogP contribution in [0.15, 0.2) is 18.2 Å². The van der Waals surface area contributed by atoms with Crippen molar-refractivity contribution in [1.29, 1.82) is 0 Å². The predicted molar refractivity (Wildman–Crippen MR) is 101 cm³/mol. The Bertz CT molecular complexity index is 663. The molecule has 10 heteroatoms. The van der Waals surface area contributed by atoms with Crippen LogP contribution in [0, 0.1) is 6.92 Å². The van der Waals surface area contributed by atoms with E-state index in [1.807, 2.05) is 25.1 Å². The van der Waals surface area contributed by atoms with Crippen LogP contribution in [0.4, 0.5) is 5.95 Å². The Kier molecular flexibility index (Phi) is 9.26. The first-order valence-electron chi connectivity index (χ1n) is 6.53. The molecule has 24 heavy (non-hydrogen) atoms. The number of alkyl halides is 1. The summed E-state index contributed by atoms with van der Waals surface area (Å²) in [5, 5.41) is 0.374. The third kappa shape index (κ3) is 6.70. The minimum absolute atomic E-state index is 0.181. The van der Waals surface area contributed by atoms with Gasteiger partial charge in [0, 0.05) is 23.6 Å². The molecule has 1 heterocycles. The number of halogens is 4. The van der Waals surface area contributed by atoms with Gasteiger partial charge in [-0.3, -0.25) is 0 Å². The maximum Gasteiger partial charge on any atom is 0.221 e. The second kappa shape index (κ2) is 10.4. The quantitative estimate of drug-likeness (QED) is 0.441. The number of aryl methyl sites for hydroxylation is 1. The standard InChI is InChI=1S/C14H15Cl2N3O.Cl2OS/c1-8-11(13(16)19-14(17)18-8)6-10-4-3-9(7-15)5-12(10)20-2;1-4(2)3/h3-5H,6-7H2,1-2H3,(H2,17,18,19);. The fraction of sp³-hybridized carbons (Fsp3) is 0.286. The van der Waals surface area contributed by atoms with Crippen molar-refractivity contribution < 1.29 is 9.29 Å².